The van der Waals surface area contributed by atoms with Crippen molar-refractivity contribution in [1.82, 2.24) is 14.8 Å². The number of hydrogen-bond donors (Lipinski definition) is 1. The first-order chi connectivity index (χ1) is 15.3. The molecule has 3 rings (SSSR count). The molecule has 32 heavy (non-hydrogen) atoms. The first kappa shape index (κ1) is 23.9. The van der Waals surface area contributed by atoms with Crippen LogP contribution >= 0.6 is 11.8 Å². The van der Waals surface area contributed by atoms with Crippen molar-refractivity contribution in [2.45, 2.75) is 65.3 Å². The van der Waals surface area contributed by atoms with Crippen molar-refractivity contribution in [3.8, 4) is 5.75 Å². The number of rotatable bonds is 9. The summed E-state index contributed by atoms with van der Waals surface area (Å²) in [4.78, 5) is 12.5. The number of nitrogens with zero attached hydrogens (tertiary/aromatic N) is 3. The summed E-state index contributed by atoms with van der Waals surface area (Å²) >= 11 is 1.38. The van der Waals surface area contributed by atoms with Crippen molar-refractivity contribution in [1.29, 1.82) is 0 Å². The van der Waals surface area contributed by atoms with Crippen LogP contribution in [0.3, 0.4) is 0 Å². The van der Waals surface area contributed by atoms with E-state index in [0.29, 0.717) is 17.6 Å². The number of anilines is 1. The fourth-order valence-electron chi connectivity index (χ4n) is 3.57. The molecule has 1 N–H and O–H groups in total. The largest absolute Gasteiger partial charge is 0.483 e. The molecule has 0 radical (unpaired) electrons. The Kier molecular flexibility index (Phi) is 7.96. The minimum atomic E-state index is -0.259. The minimum absolute atomic E-state index is 0.0678. The maximum absolute atomic E-state index is 12.5. The number of thioether (sulfide) groups is 1. The molecular formula is C25H32N4O2S. The van der Waals surface area contributed by atoms with E-state index in [-0.39, 0.29) is 17.8 Å². The second-order valence-electron chi connectivity index (χ2n) is 8.28. The molecule has 0 saturated carbocycles. The molecule has 1 aromatic heterocycles. The molecule has 0 spiro atoms. The number of nitrogens with one attached hydrogen (secondary N) is 1. The van der Waals surface area contributed by atoms with Crippen LogP contribution in [-0.2, 0) is 11.3 Å². The first-order valence-corrected chi connectivity index (χ1v) is 12.0. The molecule has 3 aromatic rings. The van der Waals surface area contributed by atoms with Crippen LogP contribution in [0.4, 0.5) is 5.69 Å². The van der Waals surface area contributed by atoms with Gasteiger partial charge in [0.1, 0.15) is 5.75 Å². The lowest BCUT2D eigenvalue weighted by Crippen LogP contribution is -2.15. The number of ether oxygens (including phenoxy) is 1. The Bertz CT molecular complexity index is 1040. The number of benzene rings is 2. The second-order valence-corrected chi connectivity index (χ2v) is 9.22. The molecule has 1 heterocycles. The van der Waals surface area contributed by atoms with Gasteiger partial charge in [-0.1, -0.05) is 43.8 Å². The zero-order valence-corrected chi connectivity index (χ0v) is 20.5. The third kappa shape index (κ3) is 6.13. The number of amides is 1. The van der Waals surface area contributed by atoms with E-state index in [1.807, 2.05) is 56.5 Å². The van der Waals surface area contributed by atoms with Crippen LogP contribution in [0.1, 0.15) is 62.2 Å². The number of carbonyl (C=O) groups excluding carboxylic acids is 1. The Morgan fingerprint density at radius 2 is 1.72 bits per heavy atom. The fourth-order valence-corrected chi connectivity index (χ4v) is 4.38. The number of hydrogen-bond acceptors (Lipinski definition) is 5. The summed E-state index contributed by atoms with van der Waals surface area (Å²) < 4.78 is 8.11. The van der Waals surface area contributed by atoms with Gasteiger partial charge in [-0.2, -0.15) is 0 Å². The van der Waals surface area contributed by atoms with Gasteiger partial charge in [-0.15, -0.1) is 10.2 Å². The van der Waals surface area contributed by atoms with Gasteiger partial charge in [-0.05, 0) is 74.6 Å². The normalized spacial score (nSPS) is 12.1. The molecule has 1 atom stereocenters. The predicted molar refractivity (Wildman–Crippen MR) is 131 cm³/mol. The topological polar surface area (TPSA) is 69.0 Å². The highest BCUT2D eigenvalue weighted by Gasteiger charge is 2.19. The van der Waals surface area contributed by atoms with Crippen molar-refractivity contribution in [2.75, 3.05) is 11.1 Å². The zero-order valence-electron chi connectivity index (χ0n) is 19.7. The van der Waals surface area contributed by atoms with Crippen molar-refractivity contribution < 1.29 is 9.53 Å². The van der Waals surface area contributed by atoms with Crippen molar-refractivity contribution in [2.24, 2.45) is 0 Å². The van der Waals surface area contributed by atoms with E-state index in [1.165, 1.54) is 17.3 Å². The monoisotopic (exact) mass is 452 g/mol. The molecule has 170 valence electrons. The van der Waals surface area contributed by atoms with E-state index in [0.717, 1.165) is 28.4 Å². The summed E-state index contributed by atoms with van der Waals surface area (Å²) in [6.45, 7) is 13.1. The highest BCUT2D eigenvalue weighted by molar-refractivity contribution is 7.99. The van der Waals surface area contributed by atoms with E-state index < -0.39 is 0 Å². The van der Waals surface area contributed by atoms with Crippen LogP contribution in [0, 0.1) is 13.8 Å². The van der Waals surface area contributed by atoms with Gasteiger partial charge in [-0.25, -0.2) is 0 Å². The fraction of sp³-hybridized carbons (Fsp3) is 0.400. The Labute approximate surface area is 194 Å². The van der Waals surface area contributed by atoms with Gasteiger partial charge in [0.05, 0.1) is 5.75 Å². The molecule has 6 nitrogen and oxygen atoms in total. The molecule has 0 aliphatic heterocycles. The van der Waals surface area contributed by atoms with E-state index in [2.05, 4.69) is 47.6 Å². The summed E-state index contributed by atoms with van der Waals surface area (Å²) in [7, 11) is 0. The standard InChI is InChI=1S/C25H32N4O2S/c1-7-29-24(19(6)31-22-10-8-20(9-11-22)16(2)3)27-28-25(29)32-15-23(30)26-21-13-17(4)12-18(5)14-21/h8-14,16,19H,7,15H2,1-6H3,(H,26,30). The molecule has 7 heteroatoms. The average Bonchev–Trinajstić information content (AvgIpc) is 3.15. The zero-order chi connectivity index (χ0) is 23.3. The van der Waals surface area contributed by atoms with Gasteiger partial charge in [0, 0.05) is 12.2 Å². The van der Waals surface area contributed by atoms with Gasteiger partial charge in [0.2, 0.25) is 5.91 Å². The quantitative estimate of drug-likeness (QED) is 0.409. The molecule has 0 saturated heterocycles. The van der Waals surface area contributed by atoms with Crippen LogP contribution in [0.25, 0.3) is 0 Å². The van der Waals surface area contributed by atoms with E-state index in [1.54, 1.807) is 0 Å². The van der Waals surface area contributed by atoms with Gasteiger partial charge in [0.25, 0.3) is 0 Å². The summed E-state index contributed by atoms with van der Waals surface area (Å²) in [5.74, 6) is 2.22. The Hall–Kier alpha value is -2.80. The molecule has 0 fully saturated rings. The van der Waals surface area contributed by atoms with Crippen LogP contribution in [0.5, 0.6) is 5.75 Å². The van der Waals surface area contributed by atoms with E-state index in [9.17, 15) is 4.79 Å². The molecule has 0 aliphatic rings. The van der Waals surface area contributed by atoms with Gasteiger partial charge in [-0.3, -0.25) is 4.79 Å². The SMILES string of the molecule is CCn1c(SCC(=O)Nc2cc(C)cc(C)c2)nnc1C(C)Oc1ccc(C(C)C)cc1. The molecular weight excluding hydrogens is 420 g/mol. The summed E-state index contributed by atoms with van der Waals surface area (Å²) in [6, 6.07) is 14.2. The lowest BCUT2D eigenvalue weighted by Gasteiger charge is -2.16. The molecule has 2 aromatic carbocycles. The lowest BCUT2D eigenvalue weighted by atomic mass is 10.0. The first-order valence-electron chi connectivity index (χ1n) is 11.0. The van der Waals surface area contributed by atoms with Crippen LogP contribution < -0.4 is 10.1 Å². The van der Waals surface area contributed by atoms with Crippen molar-refractivity contribution >= 4 is 23.4 Å². The molecule has 0 bridgehead atoms. The third-order valence-corrected chi connectivity index (χ3v) is 6.09. The number of carbonyl (C=O) groups is 1. The van der Waals surface area contributed by atoms with Crippen LogP contribution in [0.15, 0.2) is 47.6 Å². The summed E-state index contributed by atoms with van der Waals surface area (Å²) in [5.41, 5.74) is 4.34. The lowest BCUT2D eigenvalue weighted by molar-refractivity contribution is -0.113. The molecule has 1 unspecified atom stereocenters. The van der Waals surface area contributed by atoms with Crippen molar-refractivity contribution in [3.63, 3.8) is 0 Å². The van der Waals surface area contributed by atoms with Crippen LogP contribution in [-0.4, -0.2) is 26.4 Å². The maximum Gasteiger partial charge on any atom is 0.234 e. The highest BCUT2D eigenvalue weighted by atomic mass is 32.2. The predicted octanol–water partition coefficient (Wildman–Crippen LogP) is 5.91. The Balaban J connectivity index is 1.62. The van der Waals surface area contributed by atoms with Gasteiger partial charge in [0.15, 0.2) is 17.1 Å². The number of aromatic nitrogens is 3. The number of aryl methyl sites for hydroxylation is 2. The van der Waals surface area contributed by atoms with Gasteiger partial charge < -0.3 is 14.6 Å². The molecule has 1 amide bonds. The summed E-state index contributed by atoms with van der Waals surface area (Å²) in [6.07, 6.45) is -0.259. The van der Waals surface area contributed by atoms with Crippen molar-refractivity contribution in [3.05, 3.63) is 65.0 Å². The van der Waals surface area contributed by atoms with Crippen LogP contribution in [0.2, 0.25) is 0 Å². The summed E-state index contributed by atoms with van der Waals surface area (Å²) in [5, 5.41) is 12.3. The highest BCUT2D eigenvalue weighted by Crippen LogP contribution is 2.26. The minimum Gasteiger partial charge on any atom is -0.483 e. The smallest absolute Gasteiger partial charge is 0.234 e. The second kappa shape index (κ2) is 10.7. The van der Waals surface area contributed by atoms with Gasteiger partial charge >= 0.3 is 0 Å². The average molecular weight is 453 g/mol. The third-order valence-electron chi connectivity index (χ3n) is 5.12. The maximum atomic E-state index is 12.5. The van der Waals surface area contributed by atoms with E-state index >= 15 is 0 Å². The Morgan fingerprint density at radius 1 is 1.06 bits per heavy atom. The molecule has 0 aliphatic carbocycles. The Morgan fingerprint density at radius 3 is 2.31 bits per heavy atom. The van der Waals surface area contributed by atoms with E-state index in [4.69, 9.17) is 4.74 Å².